The van der Waals surface area contributed by atoms with E-state index in [2.05, 4.69) is 9.97 Å². The van der Waals surface area contributed by atoms with Gasteiger partial charge in [-0.1, -0.05) is 0 Å². The van der Waals surface area contributed by atoms with Gasteiger partial charge < -0.3 is 4.74 Å². The highest BCUT2D eigenvalue weighted by Crippen LogP contribution is 2.31. The van der Waals surface area contributed by atoms with Crippen LogP contribution in [0.2, 0.25) is 0 Å². The fourth-order valence-electron chi connectivity index (χ4n) is 1.59. The third-order valence-electron chi connectivity index (χ3n) is 2.84. The molecule has 0 saturated heterocycles. The molecule has 0 aromatic carbocycles. The Hall–Kier alpha value is -1.82. The molecule has 0 N–H and O–H groups in total. The van der Waals surface area contributed by atoms with E-state index in [0.717, 1.165) is 6.20 Å². The van der Waals surface area contributed by atoms with Crippen molar-refractivity contribution < 1.29 is 13.9 Å². The standard InChI is InChI=1S/C13H13FN2O2S/c1-13(2,12(17)18-3)10-7-19-11(16-10)8-4-5-15-6-9(8)14/h4-7H,1-3H3. The molecule has 6 heteroatoms. The van der Waals surface area contributed by atoms with E-state index < -0.39 is 11.2 Å². The molecule has 0 amide bonds. The van der Waals surface area contributed by atoms with Crippen molar-refractivity contribution in [3.8, 4) is 10.6 Å². The topological polar surface area (TPSA) is 52.1 Å². The Kier molecular flexibility index (Phi) is 3.61. The normalized spacial score (nSPS) is 11.4. The van der Waals surface area contributed by atoms with E-state index in [1.165, 1.54) is 24.6 Å². The number of carbonyl (C=O) groups excluding carboxylic acids is 1. The van der Waals surface area contributed by atoms with Crippen LogP contribution in [0, 0.1) is 5.82 Å². The second kappa shape index (κ2) is 5.05. The molecule has 4 nitrogen and oxygen atoms in total. The molecule has 2 aromatic heterocycles. The zero-order valence-electron chi connectivity index (χ0n) is 10.8. The Labute approximate surface area is 114 Å². The van der Waals surface area contributed by atoms with Crippen LogP contribution in [0.25, 0.3) is 10.6 Å². The largest absolute Gasteiger partial charge is 0.468 e. The molecule has 2 heterocycles. The number of thiazole rings is 1. The van der Waals surface area contributed by atoms with Crippen LogP contribution in [0.5, 0.6) is 0 Å². The number of pyridine rings is 1. The number of esters is 1. The zero-order chi connectivity index (χ0) is 14.0. The van der Waals surface area contributed by atoms with Gasteiger partial charge in [-0.25, -0.2) is 9.37 Å². The minimum atomic E-state index is -0.854. The lowest BCUT2D eigenvalue weighted by Gasteiger charge is -2.18. The van der Waals surface area contributed by atoms with Crippen LogP contribution in [0.1, 0.15) is 19.5 Å². The van der Waals surface area contributed by atoms with Crippen LogP contribution >= 0.6 is 11.3 Å². The number of aromatic nitrogens is 2. The molecule has 0 saturated carbocycles. The van der Waals surface area contributed by atoms with E-state index >= 15 is 0 Å². The fourth-order valence-corrected chi connectivity index (χ4v) is 2.61. The maximum atomic E-state index is 13.6. The predicted molar refractivity (Wildman–Crippen MR) is 70.3 cm³/mol. The van der Waals surface area contributed by atoms with Gasteiger partial charge in [0.1, 0.15) is 10.4 Å². The van der Waals surface area contributed by atoms with Gasteiger partial charge in [0.25, 0.3) is 0 Å². The lowest BCUT2D eigenvalue weighted by atomic mass is 9.90. The monoisotopic (exact) mass is 280 g/mol. The van der Waals surface area contributed by atoms with Crippen molar-refractivity contribution in [3.05, 3.63) is 35.4 Å². The number of halogens is 1. The van der Waals surface area contributed by atoms with Gasteiger partial charge in [-0.05, 0) is 19.9 Å². The minimum absolute atomic E-state index is 0.375. The first-order valence-electron chi connectivity index (χ1n) is 5.61. The number of carbonyl (C=O) groups is 1. The Morgan fingerprint density at radius 2 is 2.21 bits per heavy atom. The summed E-state index contributed by atoms with van der Waals surface area (Å²) < 4.78 is 18.4. The number of hydrogen-bond donors (Lipinski definition) is 0. The van der Waals surface area contributed by atoms with Gasteiger partial charge in [0.2, 0.25) is 0 Å². The lowest BCUT2D eigenvalue weighted by molar-refractivity contribution is -0.146. The van der Waals surface area contributed by atoms with Crippen molar-refractivity contribution in [1.29, 1.82) is 0 Å². The van der Waals surface area contributed by atoms with Gasteiger partial charge in [-0.3, -0.25) is 9.78 Å². The van der Waals surface area contributed by atoms with E-state index in [-0.39, 0.29) is 5.97 Å². The highest BCUT2D eigenvalue weighted by molar-refractivity contribution is 7.13. The molecule has 0 aliphatic rings. The van der Waals surface area contributed by atoms with Gasteiger partial charge in [-0.2, -0.15) is 0 Å². The van der Waals surface area contributed by atoms with E-state index in [0.29, 0.717) is 16.3 Å². The molecule has 0 fully saturated rings. The van der Waals surface area contributed by atoms with Crippen LogP contribution in [0.3, 0.4) is 0 Å². The molecule has 100 valence electrons. The first-order valence-corrected chi connectivity index (χ1v) is 6.49. The van der Waals surface area contributed by atoms with Crippen molar-refractivity contribution in [2.45, 2.75) is 19.3 Å². The zero-order valence-corrected chi connectivity index (χ0v) is 11.6. The summed E-state index contributed by atoms with van der Waals surface area (Å²) in [5.74, 6) is -0.807. The van der Waals surface area contributed by atoms with E-state index in [1.807, 2.05) is 0 Å². The van der Waals surface area contributed by atoms with Crippen LogP contribution in [0.4, 0.5) is 4.39 Å². The molecule has 2 aromatic rings. The third-order valence-corrected chi connectivity index (χ3v) is 3.72. The maximum Gasteiger partial charge on any atom is 0.317 e. The number of ether oxygens (including phenoxy) is 1. The number of nitrogens with zero attached hydrogens (tertiary/aromatic N) is 2. The summed E-state index contributed by atoms with van der Waals surface area (Å²) in [5, 5.41) is 2.26. The SMILES string of the molecule is COC(=O)C(C)(C)c1csc(-c2ccncc2F)n1. The van der Waals surface area contributed by atoms with Crippen molar-refractivity contribution >= 4 is 17.3 Å². The number of methoxy groups -OCH3 is 1. The number of rotatable bonds is 3. The molecular formula is C13H13FN2O2S. The van der Waals surface area contributed by atoms with Gasteiger partial charge >= 0.3 is 5.97 Å². The van der Waals surface area contributed by atoms with Crippen molar-refractivity contribution in [2.75, 3.05) is 7.11 Å². The van der Waals surface area contributed by atoms with Gasteiger partial charge in [-0.15, -0.1) is 11.3 Å². The Bertz CT molecular complexity index is 610. The second-order valence-corrected chi connectivity index (χ2v) is 5.37. The molecule has 0 spiro atoms. The summed E-state index contributed by atoms with van der Waals surface area (Å²) in [6.45, 7) is 3.45. The van der Waals surface area contributed by atoms with E-state index in [9.17, 15) is 9.18 Å². The molecule has 0 aliphatic heterocycles. The van der Waals surface area contributed by atoms with E-state index in [4.69, 9.17) is 4.74 Å². The molecular weight excluding hydrogens is 267 g/mol. The highest BCUT2D eigenvalue weighted by atomic mass is 32.1. The first kappa shape index (κ1) is 13.6. The van der Waals surface area contributed by atoms with Crippen molar-refractivity contribution in [1.82, 2.24) is 9.97 Å². The average molecular weight is 280 g/mol. The highest BCUT2D eigenvalue weighted by Gasteiger charge is 2.33. The molecule has 0 unspecified atom stereocenters. The lowest BCUT2D eigenvalue weighted by Crippen LogP contribution is -2.30. The Morgan fingerprint density at radius 3 is 2.84 bits per heavy atom. The van der Waals surface area contributed by atoms with Gasteiger partial charge in [0, 0.05) is 17.1 Å². The molecule has 0 radical (unpaired) electrons. The predicted octanol–water partition coefficient (Wildman–Crippen LogP) is 2.79. The smallest absolute Gasteiger partial charge is 0.317 e. The van der Waals surface area contributed by atoms with Crippen molar-refractivity contribution in [2.24, 2.45) is 0 Å². The summed E-state index contributed by atoms with van der Waals surface area (Å²) in [6.07, 6.45) is 2.65. The Balaban J connectivity index is 2.40. The quantitative estimate of drug-likeness (QED) is 0.811. The first-order chi connectivity index (χ1) is 8.96. The summed E-state index contributed by atoms with van der Waals surface area (Å²) in [4.78, 5) is 19.7. The van der Waals surface area contributed by atoms with Crippen LogP contribution in [-0.4, -0.2) is 23.0 Å². The van der Waals surface area contributed by atoms with Gasteiger partial charge in [0.05, 0.1) is 19.0 Å². The van der Waals surface area contributed by atoms with Crippen LogP contribution in [-0.2, 0) is 14.9 Å². The third kappa shape index (κ3) is 2.49. The molecule has 19 heavy (non-hydrogen) atoms. The fraction of sp³-hybridized carbons (Fsp3) is 0.308. The molecule has 0 atom stereocenters. The average Bonchev–Trinajstić information content (AvgIpc) is 2.88. The van der Waals surface area contributed by atoms with E-state index in [1.54, 1.807) is 25.3 Å². The van der Waals surface area contributed by atoms with Crippen molar-refractivity contribution in [3.63, 3.8) is 0 Å². The number of hydrogen-bond acceptors (Lipinski definition) is 5. The van der Waals surface area contributed by atoms with Crippen LogP contribution < -0.4 is 0 Å². The molecule has 0 bridgehead atoms. The summed E-state index contributed by atoms with van der Waals surface area (Å²) >= 11 is 1.28. The van der Waals surface area contributed by atoms with Crippen LogP contribution in [0.15, 0.2) is 23.8 Å². The van der Waals surface area contributed by atoms with Gasteiger partial charge in [0.15, 0.2) is 5.82 Å². The molecule has 2 rings (SSSR count). The summed E-state index contributed by atoms with van der Waals surface area (Å²) in [6, 6.07) is 1.56. The minimum Gasteiger partial charge on any atom is -0.468 e. The summed E-state index contributed by atoms with van der Waals surface area (Å²) in [5.41, 5.74) is 0.0926. The Morgan fingerprint density at radius 1 is 1.47 bits per heavy atom. The second-order valence-electron chi connectivity index (χ2n) is 4.51. The summed E-state index contributed by atoms with van der Waals surface area (Å²) in [7, 11) is 1.33. The molecule has 0 aliphatic carbocycles. The maximum absolute atomic E-state index is 13.6.